The Bertz CT molecular complexity index is 180. The average molecular weight is 186 g/mol. The van der Waals surface area contributed by atoms with Gasteiger partial charge in [-0.25, -0.2) is 0 Å². The molecule has 1 saturated carbocycles. The molecular weight excluding hydrogens is 168 g/mol. The van der Waals surface area contributed by atoms with Gasteiger partial charge in [0.25, 0.3) is 0 Å². The molecule has 0 spiro atoms. The summed E-state index contributed by atoms with van der Waals surface area (Å²) in [6.07, 6.45) is 0.925. The van der Waals surface area contributed by atoms with E-state index in [1.165, 1.54) is 0 Å². The Morgan fingerprint density at radius 2 is 1.62 bits per heavy atom. The van der Waals surface area contributed by atoms with Crippen LogP contribution >= 0.6 is 0 Å². The largest absolute Gasteiger partial charge is 0.385 e. The van der Waals surface area contributed by atoms with Crippen LogP contribution in [0.15, 0.2) is 0 Å². The van der Waals surface area contributed by atoms with Gasteiger partial charge in [0.1, 0.15) is 12.2 Å². The van der Waals surface area contributed by atoms with Gasteiger partial charge >= 0.3 is 0 Å². The number of carbonyl (C=O) groups excluding carboxylic acids is 1. The maximum Gasteiger partial charge on any atom is 0.189 e. The lowest BCUT2D eigenvalue weighted by atomic mass is 9.68. The number of Topliss-reactive ketones (excluding diaryl/α,β-unsaturated/α-hetero) is 1. The van der Waals surface area contributed by atoms with Crippen LogP contribution in [0.1, 0.15) is 39.5 Å². The first-order valence-corrected chi connectivity index (χ1v) is 4.94. The lowest BCUT2D eigenvalue weighted by molar-refractivity contribution is -0.146. The van der Waals surface area contributed by atoms with E-state index in [1.54, 1.807) is 0 Å². The fourth-order valence-corrected chi connectivity index (χ4v) is 2.15. The van der Waals surface area contributed by atoms with Crippen molar-refractivity contribution in [1.29, 1.82) is 0 Å². The number of rotatable bonds is 2. The molecule has 0 aromatic heterocycles. The van der Waals surface area contributed by atoms with E-state index in [-0.39, 0.29) is 5.41 Å². The van der Waals surface area contributed by atoms with E-state index in [4.69, 9.17) is 0 Å². The minimum Gasteiger partial charge on any atom is -0.385 e. The van der Waals surface area contributed by atoms with Crippen molar-refractivity contribution in [3.8, 4) is 0 Å². The third-order valence-corrected chi connectivity index (χ3v) is 3.41. The van der Waals surface area contributed by atoms with Gasteiger partial charge < -0.3 is 10.2 Å². The highest BCUT2D eigenvalue weighted by Gasteiger charge is 2.42. The summed E-state index contributed by atoms with van der Waals surface area (Å²) in [6.45, 7) is 4.08. The Hall–Kier alpha value is -0.410. The number of ketones is 1. The highest BCUT2D eigenvalue weighted by Crippen LogP contribution is 2.40. The number of aliphatic hydroxyl groups excluding tert-OH is 2. The summed E-state index contributed by atoms with van der Waals surface area (Å²) in [4.78, 5) is 11.1. The van der Waals surface area contributed by atoms with Crippen molar-refractivity contribution in [3.63, 3.8) is 0 Å². The van der Waals surface area contributed by atoms with Crippen molar-refractivity contribution >= 4 is 5.78 Å². The molecule has 2 unspecified atom stereocenters. The monoisotopic (exact) mass is 186 g/mol. The van der Waals surface area contributed by atoms with Crippen LogP contribution in [-0.2, 0) is 4.79 Å². The predicted molar refractivity (Wildman–Crippen MR) is 49.3 cm³/mol. The molecule has 1 aliphatic rings. The third-order valence-electron chi connectivity index (χ3n) is 3.41. The average Bonchev–Trinajstić information content (AvgIpc) is 2.13. The van der Waals surface area contributed by atoms with Gasteiger partial charge in [0.05, 0.1) is 0 Å². The van der Waals surface area contributed by atoms with E-state index in [9.17, 15) is 15.0 Å². The summed E-state index contributed by atoms with van der Waals surface area (Å²) >= 11 is 0. The normalized spacial score (nSPS) is 33.4. The van der Waals surface area contributed by atoms with Crippen LogP contribution in [0, 0.1) is 5.41 Å². The highest BCUT2D eigenvalue weighted by atomic mass is 16.3. The molecule has 2 atom stereocenters. The molecule has 0 amide bonds. The van der Waals surface area contributed by atoms with Crippen LogP contribution in [0.3, 0.4) is 0 Å². The molecule has 2 N–H and O–H groups in total. The van der Waals surface area contributed by atoms with Gasteiger partial charge in [-0.15, -0.1) is 0 Å². The fraction of sp³-hybridized carbons (Fsp3) is 0.900. The van der Waals surface area contributed by atoms with Crippen molar-refractivity contribution in [2.75, 3.05) is 0 Å². The van der Waals surface area contributed by atoms with E-state index < -0.39 is 18.0 Å². The van der Waals surface area contributed by atoms with Crippen molar-refractivity contribution in [1.82, 2.24) is 0 Å². The van der Waals surface area contributed by atoms with Crippen molar-refractivity contribution in [2.45, 2.75) is 51.7 Å². The van der Waals surface area contributed by atoms with Crippen molar-refractivity contribution in [2.24, 2.45) is 5.41 Å². The van der Waals surface area contributed by atoms with E-state index in [2.05, 4.69) is 0 Å². The van der Waals surface area contributed by atoms with E-state index in [0.717, 1.165) is 12.8 Å². The minimum absolute atomic E-state index is 0.0350. The van der Waals surface area contributed by atoms with E-state index >= 15 is 0 Å². The molecule has 0 saturated heterocycles. The predicted octanol–water partition coefficient (Wildman–Crippen LogP) is 0.877. The molecule has 0 aliphatic heterocycles. The quantitative estimate of drug-likeness (QED) is 0.673. The van der Waals surface area contributed by atoms with Gasteiger partial charge in [-0.3, -0.25) is 4.79 Å². The Balaban J connectivity index is 2.77. The van der Waals surface area contributed by atoms with Gasteiger partial charge in [0.2, 0.25) is 0 Å². The molecule has 0 aromatic carbocycles. The second-order valence-corrected chi connectivity index (χ2v) is 4.05. The Labute approximate surface area is 78.8 Å². The topological polar surface area (TPSA) is 57.5 Å². The molecule has 0 aromatic rings. The standard InChI is InChI=1S/C10H18O3/c1-3-10(4-2)5-7(11)9(13)8(12)6-10/h7-8,11-12H,3-6H2,1-2H3. The maximum absolute atomic E-state index is 11.1. The van der Waals surface area contributed by atoms with Gasteiger partial charge in [-0.1, -0.05) is 26.7 Å². The Morgan fingerprint density at radius 1 is 1.23 bits per heavy atom. The summed E-state index contributed by atoms with van der Waals surface area (Å²) in [5.41, 5.74) is -0.0350. The first-order chi connectivity index (χ1) is 6.04. The molecule has 3 nitrogen and oxygen atoms in total. The summed E-state index contributed by atoms with van der Waals surface area (Å²) in [5, 5.41) is 18.9. The van der Waals surface area contributed by atoms with Crippen LogP contribution < -0.4 is 0 Å². The number of carbonyl (C=O) groups is 1. The molecule has 0 heterocycles. The van der Waals surface area contributed by atoms with Crippen molar-refractivity contribution < 1.29 is 15.0 Å². The van der Waals surface area contributed by atoms with Crippen LogP contribution in [0.25, 0.3) is 0 Å². The minimum atomic E-state index is -0.955. The molecule has 1 rings (SSSR count). The van der Waals surface area contributed by atoms with Crippen LogP contribution in [-0.4, -0.2) is 28.2 Å². The first kappa shape index (κ1) is 10.7. The van der Waals surface area contributed by atoms with Gasteiger partial charge in [0, 0.05) is 0 Å². The summed E-state index contributed by atoms with van der Waals surface area (Å²) in [5.74, 6) is -0.405. The molecule has 3 heteroatoms. The summed E-state index contributed by atoms with van der Waals surface area (Å²) < 4.78 is 0. The first-order valence-electron chi connectivity index (χ1n) is 4.94. The molecular formula is C10H18O3. The van der Waals surface area contributed by atoms with E-state index in [1.807, 2.05) is 13.8 Å². The van der Waals surface area contributed by atoms with Crippen LogP contribution in [0.4, 0.5) is 0 Å². The number of aliphatic hydroxyl groups is 2. The zero-order valence-electron chi connectivity index (χ0n) is 8.29. The molecule has 76 valence electrons. The zero-order chi connectivity index (χ0) is 10.1. The second kappa shape index (κ2) is 3.76. The van der Waals surface area contributed by atoms with Gasteiger partial charge in [-0.05, 0) is 18.3 Å². The van der Waals surface area contributed by atoms with Crippen LogP contribution in [0.2, 0.25) is 0 Å². The Morgan fingerprint density at radius 3 is 1.92 bits per heavy atom. The summed E-state index contributed by atoms with van der Waals surface area (Å²) in [7, 11) is 0. The second-order valence-electron chi connectivity index (χ2n) is 4.05. The summed E-state index contributed by atoms with van der Waals surface area (Å²) in [6, 6.07) is 0. The molecule has 0 bridgehead atoms. The van der Waals surface area contributed by atoms with Gasteiger partial charge in [-0.2, -0.15) is 0 Å². The number of hydrogen-bond acceptors (Lipinski definition) is 3. The van der Waals surface area contributed by atoms with Crippen LogP contribution in [0.5, 0.6) is 0 Å². The lowest BCUT2D eigenvalue weighted by Crippen LogP contribution is -2.45. The smallest absolute Gasteiger partial charge is 0.189 e. The molecule has 1 aliphatic carbocycles. The Kier molecular flexibility index (Phi) is 3.09. The highest BCUT2D eigenvalue weighted by molar-refractivity contribution is 5.87. The maximum atomic E-state index is 11.1. The number of hydrogen-bond donors (Lipinski definition) is 2. The van der Waals surface area contributed by atoms with Gasteiger partial charge in [0.15, 0.2) is 5.78 Å². The molecule has 13 heavy (non-hydrogen) atoms. The lowest BCUT2D eigenvalue weighted by Gasteiger charge is -2.39. The molecule has 0 radical (unpaired) electrons. The third kappa shape index (κ3) is 1.92. The SMILES string of the molecule is CCC1(CC)CC(O)C(=O)C(O)C1. The zero-order valence-corrected chi connectivity index (χ0v) is 8.29. The van der Waals surface area contributed by atoms with E-state index in [0.29, 0.717) is 12.8 Å². The fourth-order valence-electron chi connectivity index (χ4n) is 2.15. The molecule has 1 fully saturated rings. The van der Waals surface area contributed by atoms with Crippen molar-refractivity contribution in [3.05, 3.63) is 0 Å².